The van der Waals surface area contributed by atoms with Crippen LogP contribution in [0.2, 0.25) is 0 Å². The quantitative estimate of drug-likeness (QED) is 0.466. The minimum atomic E-state index is 0.389. The van der Waals surface area contributed by atoms with Crippen LogP contribution in [-0.2, 0) is 0 Å². The Morgan fingerprint density at radius 1 is 0.970 bits per heavy atom. The van der Waals surface area contributed by atoms with E-state index in [1.54, 1.807) is 7.11 Å². The molecule has 0 radical (unpaired) electrons. The number of anilines is 2. The molecule has 2 aromatic heterocycles. The Kier molecular flexibility index (Phi) is 5.31. The number of rotatable bonds is 4. The smallest absolute Gasteiger partial charge is 0.151 e. The van der Waals surface area contributed by atoms with Crippen molar-refractivity contribution >= 4 is 22.5 Å². The molecule has 3 heterocycles. The van der Waals surface area contributed by atoms with Crippen LogP contribution in [0.1, 0.15) is 24.0 Å². The predicted octanol–water partition coefficient (Wildman–Crippen LogP) is 5.33. The van der Waals surface area contributed by atoms with Crippen molar-refractivity contribution in [2.24, 2.45) is 0 Å². The van der Waals surface area contributed by atoms with Crippen molar-refractivity contribution < 1.29 is 4.74 Å². The van der Waals surface area contributed by atoms with Gasteiger partial charge in [0, 0.05) is 18.7 Å². The van der Waals surface area contributed by atoms with Crippen LogP contribution < -0.4 is 15.4 Å². The lowest BCUT2D eigenvalue weighted by Gasteiger charge is -2.21. The van der Waals surface area contributed by atoms with E-state index < -0.39 is 0 Å². The normalized spacial score (nSPS) is 13.3. The van der Waals surface area contributed by atoms with Crippen molar-refractivity contribution in [1.82, 2.24) is 9.97 Å². The number of hydrogen-bond acceptors (Lipinski definition) is 6. The molecule has 2 N–H and O–H groups in total. The second kappa shape index (κ2) is 8.44. The summed E-state index contributed by atoms with van der Waals surface area (Å²) in [5.74, 6) is 1.80. The molecule has 0 saturated carbocycles. The average molecular weight is 436 g/mol. The standard InChI is InChI=1S/C27H25N5O/c1-17-5-7-19(8-6-17)23-15-21(18-9-11-20(33-2)12-10-18)24-25(30-23)22(16-28)27(31-26(24)29)32-13-3-4-14-32/h5-12,15H,3-4,13-14H2,1-2H3,(H2,29,31). The molecule has 0 atom stereocenters. The maximum atomic E-state index is 10.2. The summed E-state index contributed by atoms with van der Waals surface area (Å²) in [5, 5.41) is 10.9. The number of aromatic nitrogens is 2. The van der Waals surface area contributed by atoms with Crippen LogP contribution in [0.5, 0.6) is 5.75 Å². The van der Waals surface area contributed by atoms with Crippen LogP contribution in [0.3, 0.4) is 0 Å². The maximum absolute atomic E-state index is 10.2. The molecule has 1 saturated heterocycles. The fourth-order valence-electron chi connectivity index (χ4n) is 4.45. The number of fused-ring (bicyclic) bond motifs is 1. The lowest BCUT2D eigenvalue weighted by Crippen LogP contribution is -2.21. The monoisotopic (exact) mass is 435 g/mol. The van der Waals surface area contributed by atoms with Gasteiger partial charge in [-0.2, -0.15) is 5.26 Å². The van der Waals surface area contributed by atoms with Crippen LogP contribution >= 0.6 is 0 Å². The first-order chi connectivity index (χ1) is 16.1. The van der Waals surface area contributed by atoms with Gasteiger partial charge >= 0.3 is 0 Å². The summed E-state index contributed by atoms with van der Waals surface area (Å²) in [6.07, 6.45) is 2.16. The summed E-state index contributed by atoms with van der Waals surface area (Å²) in [5.41, 5.74) is 12.4. The zero-order valence-corrected chi connectivity index (χ0v) is 18.8. The third-order valence-corrected chi connectivity index (χ3v) is 6.23. The largest absolute Gasteiger partial charge is 0.497 e. The number of nitrogen functional groups attached to an aromatic ring is 1. The molecule has 6 heteroatoms. The van der Waals surface area contributed by atoms with Gasteiger partial charge in [0.1, 0.15) is 23.2 Å². The molecule has 0 unspecified atom stereocenters. The van der Waals surface area contributed by atoms with Gasteiger partial charge in [-0.3, -0.25) is 0 Å². The van der Waals surface area contributed by atoms with E-state index >= 15 is 0 Å². The van der Waals surface area contributed by atoms with Gasteiger partial charge in [-0.15, -0.1) is 0 Å². The molecule has 5 rings (SSSR count). The lowest BCUT2D eigenvalue weighted by atomic mass is 9.96. The number of nitriles is 1. The summed E-state index contributed by atoms with van der Waals surface area (Å²) in [6.45, 7) is 3.80. The van der Waals surface area contributed by atoms with Gasteiger partial charge in [0.25, 0.3) is 0 Å². The number of nitrogens with zero attached hydrogens (tertiary/aromatic N) is 4. The van der Waals surface area contributed by atoms with Gasteiger partial charge in [0.05, 0.1) is 23.7 Å². The van der Waals surface area contributed by atoms with Crippen LogP contribution in [0.15, 0.2) is 54.6 Å². The van der Waals surface area contributed by atoms with Crippen molar-refractivity contribution in [3.63, 3.8) is 0 Å². The number of aryl methyl sites for hydroxylation is 1. The van der Waals surface area contributed by atoms with Crippen molar-refractivity contribution in [1.29, 1.82) is 5.26 Å². The number of pyridine rings is 2. The zero-order chi connectivity index (χ0) is 22.9. The lowest BCUT2D eigenvalue weighted by molar-refractivity contribution is 0.415. The predicted molar refractivity (Wildman–Crippen MR) is 132 cm³/mol. The van der Waals surface area contributed by atoms with E-state index in [0.717, 1.165) is 54.1 Å². The van der Waals surface area contributed by atoms with Crippen molar-refractivity contribution in [3.8, 4) is 34.2 Å². The van der Waals surface area contributed by atoms with E-state index in [1.165, 1.54) is 5.56 Å². The summed E-state index contributed by atoms with van der Waals surface area (Å²) in [6, 6.07) is 20.5. The van der Waals surface area contributed by atoms with Gasteiger partial charge in [-0.05, 0) is 49.1 Å². The molecule has 2 aromatic carbocycles. The second-order valence-electron chi connectivity index (χ2n) is 8.37. The fourth-order valence-corrected chi connectivity index (χ4v) is 4.45. The third kappa shape index (κ3) is 3.72. The number of nitrogens with two attached hydrogens (primary N) is 1. The Labute approximate surface area is 193 Å². The summed E-state index contributed by atoms with van der Waals surface area (Å²) < 4.78 is 5.33. The van der Waals surface area contributed by atoms with Crippen molar-refractivity contribution in [2.75, 3.05) is 30.8 Å². The molecule has 1 aliphatic rings. The van der Waals surface area contributed by atoms with Crippen molar-refractivity contribution in [2.45, 2.75) is 19.8 Å². The van der Waals surface area contributed by atoms with Crippen LogP contribution in [0, 0.1) is 18.3 Å². The minimum Gasteiger partial charge on any atom is -0.497 e. The van der Waals surface area contributed by atoms with Gasteiger partial charge in [-0.1, -0.05) is 42.0 Å². The van der Waals surface area contributed by atoms with Gasteiger partial charge in [-0.25, -0.2) is 9.97 Å². The number of methoxy groups -OCH3 is 1. The second-order valence-corrected chi connectivity index (χ2v) is 8.37. The molecule has 0 bridgehead atoms. The molecule has 0 aliphatic carbocycles. The number of ether oxygens (including phenoxy) is 1. The number of benzene rings is 2. The summed E-state index contributed by atoms with van der Waals surface area (Å²) in [7, 11) is 1.65. The Morgan fingerprint density at radius 3 is 2.27 bits per heavy atom. The van der Waals surface area contributed by atoms with Gasteiger partial charge < -0.3 is 15.4 Å². The Morgan fingerprint density at radius 2 is 1.64 bits per heavy atom. The molecule has 4 aromatic rings. The highest BCUT2D eigenvalue weighted by molar-refractivity contribution is 6.06. The van der Waals surface area contributed by atoms with Crippen LogP contribution in [0.25, 0.3) is 33.3 Å². The topological polar surface area (TPSA) is 88.1 Å². The van der Waals surface area contributed by atoms with E-state index in [1.807, 2.05) is 30.3 Å². The molecule has 0 amide bonds. The molecule has 6 nitrogen and oxygen atoms in total. The van der Waals surface area contributed by atoms with Gasteiger partial charge in [0.15, 0.2) is 5.82 Å². The third-order valence-electron chi connectivity index (χ3n) is 6.23. The first-order valence-corrected chi connectivity index (χ1v) is 11.1. The van der Waals surface area contributed by atoms with E-state index in [9.17, 15) is 5.26 Å². The molecule has 1 aliphatic heterocycles. The van der Waals surface area contributed by atoms with E-state index in [4.69, 9.17) is 20.4 Å². The van der Waals surface area contributed by atoms with E-state index in [-0.39, 0.29) is 0 Å². The molecule has 0 spiro atoms. The molecule has 33 heavy (non-hydrogen) atoms. The van der Waals surface area contributed by atoms with E-state index in [0.29, 0.717) is 28.1 Å². The average Bonchev–Trinajstić information content (AvgIpc) is 3.39. The van der Waals surface area contributed by atoms with Crippen molar-refractivity contribution in [3.05, 3.63) is 65.7 Å². The Bertz CT molecular complexity index is 1370. The highest BCUT2D eigenvalue weighted by Crippen LogP contribution is 2.39. The van der Waals surface area contributed by atoms with E-state index in [2.05, 4.69) is 42.2 Å². The minimum absolute atomic E-state index is 0.389. The summed E-state index contributed by atoms with van der Waals surface area (Å²) >= 11 is 0. The number of hydrogen-bond donors (Lipinski definition) is 1. The molecular weight excluding hydrogens is 410 g/mol. The molecule has 1 fully saturated rings. The zero-order valence-electron chi connectivity index (χ0n) is 18.8. The highest BCUT2D eigenvalue weighted by Gasteiger charge is 2.24. The Balaban J connectivity index is 1.83. The summed E-state index contributed by atoms with van der Waals surface area (Å²) in [4.78, 5) is 11.8. The molecule has 164 valence electrons. The SMILES string of the molecule is COc1ccc(-c2cc(-c3ccc(C)cc3)nc3c(C#N)c(N4CCCC4)nc(N)c23)cc1. The van der Waals surface area contributed by atoms with Crippen LogP contribution in [0.4, 0.5) is 11.6 Å². The van der Waals surface area contributed by atoms with Crippen LogP contribution in [-0.4, -0.2) is 30.2 Å². The molecular formula is C27H25N5O. The maximum Gasteiger partial charge on any atom is 0.151 e. The first kappa shape index (κ1) is 20.8. The Hall–Kier alpha value is -4.11. The van der Waals surface area contributed by atoms with Gasteiger partial charge in [0.2, 0.25) is 0 Å². The highest BCUT2D eigenvalue weighted by atomic mass is 16.5. The fraction of sp³-hybridized carbons (Fsp3) is 0.222. The first-order valence-electron chi connectivity index (χ1n) is 11.1.